The topological polar surface area (TPSA) is 101 Å². The zero-order valence-electron chi connectivity index (χ0n) is 10.9. The Hall–Kier alpha value is -1.88. The average Bonchev–Trinajstić information content (AvgIpc) is 2.35. The van der Waals surface area contributed by atoms with E-state index in [0.29, 0.717) is 19.3 Å². The van der Waals surface area contributed by atoms with Gasteiger partial charge in [-0.1, -0.05) is 12.1 Å². The van der Waals surface area contributed by atoms with Crippen LogP contribution in [0.15, 0.2) is 24.3 Å². The summed E-state index contributed by atoms with van der Waals surface area (Å²) >= 11 is 0. The van der Waals surface area contributed by atoms with Gasteiger partial charge in [-0.05, 0) is 43.9 Å². The van der Waals surface area contributed by atoms with Crippen molar-refractivity contribution in [3.05, 3.63) is 29.8 Å². The number of rotatable bonds is 7. The Labute approximate surface area is 112 Å². The van der Waals surface area contributed by atoms with Crippen molar-refractivity contribution in [2.24, 2.45) is 11.7 Å². The third-order valence-electron chi connectivity index (χ3n) is 3.12. The number of nitrogens with two attached hydrogens (primary N) is 1. The Bertz CT molecular complexity index is 441. The molecule has 0 saturated heterocycles. The van der Waals surface area contributed by atoms with E-state index in [1.54, 1.807) is 12.1 Å². The van der Waals surface area contributed by atoms with Crippen LogP contribution in [0.2, 0.25) is 0 Å². The van der Waals surface area contributed by atoms with Crippen molar-refractivity contribution in [1.82, 2.24) is 0 Å². The van der Waals surface area contributed by atoms with Gasteiger partial charge in [0.15, 0.2) is 0 Å². The molecule has 0 saturated carbocycles. The molecule has 0 aliphatic heterocycles. The number of carbonyl (C=O) groups is 2. The maximum absolute atomic E-state index is 11.2. The van der Waals surface area contributed by atoms with Gasteiger partial charge in [0.05, 0.1) is 12.0 Å². The number of hydrogen-bond acceptors (Lipinski definition) is 4. The molecule has 5 nitrogen and oxygen atoms in total. The van der Waals surface area contributed by atoms with Crippen LogP contribution in [0.25, 0.3) is 0 Å². The van der Waals surface area contributed by atoms with Crippen LogP contribution >= 0.6 is 0 Å². The lowest BCUT2D eigenvalue weighted by Gasteiger charge is -2.14. The van der Waals surface area contributed by atoms with Crippen LogP contribution in [0, 0.1) is 5.92 Å². The number of Topliss-reactive ketones (excluding diaryl/α,β-unsaturated/α-hetero) is 1. The van der Waals surface area contributed by atoms with Crippen molar-refractivity contribution in [1.29, 1.82) is 0 Å². The lowest BCUT2D eigenvalue weighted by atomic mass is 9.92. The number of benzene rings is 1. The van der Waals surface area contributed by atoms with Gasteiger partial charge in [-0.3, -0.25) is 9.59 Å². The summed E-state index contributed by atoms with van der Waals surface area (Å²) in [5, 5.41) is 18.3. The molecule has 1 aromatic rings. The van der Waals surface area contributed by atoms with Crippen LogP contribution in [0.4, 0.5) is 0 Å². The van der Waals surface area contributed by atoms with E-state index in [-0.39, 0.29) is 11.5 Å². The number of hydrogen-bond donors (Lipinski definition) is 3. The normalized spacial score (nSPS) is 13.8. The lowest BCUT2D eigenvalue weighted by molar-refractivity contribution is -0.142. The van der Waals surface area contributed by atoms with Gasteiger partial charge in [0.2, 0.25) is 0 Å². The minimum absolute atomic E-state index is 0.131. The Kier molecular flexibility index (Phi) is 5.51. The van der Waals surface area contributed by atoms with Gasteiger partial charge in [-0.15, -0.1) is 0 Å². The molecule has 0 fully saturated rings. The summed E-state index contributed by atoms with van der Waals surface area (Å²) in [7, 11) is 0. The van der Waals surface area contributed by atoms with Crippen LogP contribution in [0.3, 0.4) is 0 Å². The maximum atomic E-state index is 11.2. The molecule has 104 valence electrons. The molecule has 0 bridgehead atoms. The van der Waals surface area contributed by atoms with Crippen LogP contribution in [0.5, 0.6) is 5.75 Å². The Morgan fingerprint density at radius 3 is 2.26 bits per heavy atom. The van der Waals surface area contributed by atoms with Crippen molar-refractivity contribution < 1.29 is 19.8 Å². The molecule has 4 N–H and O–H groups in total. The van der Waals surface area contributed by atoms with Gasteiger partial charge in [0.25, 0.3) is 0 Å². The third-order valence-corrected chi connectivity index (χ3v) is 3.12. The highest BCUT2D eigenvalue weighted by atomic mass is 16.4. The first kappa shape index (κ1) is 15.2. The molecule has 2 atom stereocenters. The highest BCUT2D eigenvalue weighted by molar-refractivity contribution is 5.81. The minimum Gasteiger partial charge on any atom is -0.508 e. The van der Waals surface area contributed by atoms with E-state index < -0.39 is 17.9 Å². The number of ketones is 1. The summed E-state index contributed by atoms with van der Waals surface area (Å²) in [6, 6.07) is 5.83. The van der Waals surface area contributed by atoms with E-state index in [4.69, 9.17) is 15.9 Å². The summed E-state index contributed by atoms with van der Waals surface area (Å²) in [5.74, 6) is -1.46. The summed E-state index contributed by atoms with van der Waals surface area (Å²) in [6.07, 6.45) is 1.08. The number of carboxylic acid groups (broad SMARTS) is 1. The second-order valence-electron chi connectivity index (χ2n) is 4.70. The third kappa shape index (κ3) is 5.09. The van der Waals surface area contributed by atoms with Gasteiger partial charge in [-0.25, -0.2) is 0 Å². The van der Waals surface area contributed by atoms with Gasteiger partial charge in [-0.2, -0.15) is 0 Å². The molecular weight excluding hydrogens is 246 g/mol. The van der Waals surface area contributed by atoms with Crippen LogP contribution in [-0.4, -0.2) is 28.0 Å². The van der Waals surface area contributed by atoms with Crippen LogP contribution in [-0.2, 0) is 16.0 Å². The zero-order chi connectivity index (χ0) is 14.4. The first-order valence-corrected chi connectivity index (χ1v) is 6.17. The highest BCUT2D eigenvalue weighted by Gasteiger charge is 2.20. The molecule has 19 heavy (non-hydrogen) atoms. The number of phenols is 1. The minimum atomic E-state index is -0.899. The van der Waals surface area contributed by atoms with Gasteiger partial charge >= 0.3 is 5.97 Å². The van der Waals surface area contributed by atoms with Gasteiger partial charge in [0.1, 0.15) is 11.5 Å². The van der Waals surface area contributed by atoms with E-state index >= 15 is 0 Å². The Morgan fingerprint density at radius 1 is 1.21 bits per heavy atom. The second-order valence-corrected chi connectivity index (χ2v) is 4.70. The monoisotopic (exact) mass is 265 g/mol. The molecule has 5 heteroatoms. The lowest BCUT2D eigenvalue weighted by Crippen LogP contribution is -2.30. The highest BCUT2D eigenvalue weighted by Crippen LogP contribution is 2.18. The standard InChI is InChI=1S/C14H19NO4/c1-9(16)13(15)7-4-11(14(18)19)8-10-2-5-12(17)6-3-10/h2-3,5-6,11,13,17H,4,7-8,15H2,1H3,(H,18,19)/t11?,13-/m0/s1. The number of aromatic hydroxyl groups is 1. The smallest absolute Gasteiger partial charge is 0.306 e. The fourth-order valence-electron chi connectivity index (χ4n) is 1.81. The second kappa shape index (κ2) is 6.89. The molecule has 1 rings (SSSR count). The molecular formula is C14H19NO4. The van der Waals surface area contributed by atoms with Crippen molar-refractivity contribution in [3.8, 4) is 5.75 Å². The molecule has 0 aliphatic rings. The summed E-state index contributed by atoms with van der Waals surface area (Å²) in [4.78, 5) is 22.2. The number of carbonyl (C=O) groups excluding carboxylic acids is 1. The predicted octanol–water partition coefficient (Wildman–Crippen LogP) is 1.33. The number of phenolic OH excluding ortho intramolecular Hbond substituents is 1. The van der Waals surface area contributed by atoms with Crippen molar-refractivity contribution in [2.75, 3.05) is 0 Å². The zero-order valence-corrected chi connectivity index (χ0v) is 10.9. The number of aliphatic carboxylic acids is 1. The average molecular weight is 265 g/mol. The van der Waals surface area contributed by atoms with Crippen LogP contribution in [0.1, 0.15) is 25.3 Å². The summed E-state index contributed by atoms with van der Waals surface area (Å²) in [6.45, 7) is 1.40. The summed E-state index contributed by atoms with van der Waals surface area (Å²) < 4.78 is 0. The van der Waals surface area contributed by atoms with Gasteiger partial charge in [0, 0.05) is 0 Å². The first-order chi connectivity index (χ1) is 8.90. The molecule has 0 spiro atoms. The molecule has 1 aromatic carbocycles. The van der Waals surface area contributed by atoms with E-state index in [1.807, 2.05) is 0 Å². The predicted molar refractivity (Wildman–Crippen MR) is 70.8 cm³/mol. The summed E-state index contributed by atoms with van der Waals surface area (Å²) in [5.41, 5.74) is 6.44. The van der Waals surface area contributed by atoms with Crippen LogP contribution < -0.4 is 5.73 Å². The maximum Gasteiger partial charge on any atom is 0.306 e. The van der Waals surface area contributed by atoms with Crippen molar-refractivity contribution >= 4 is 11.8 Å². The first-order valence-electron chi connectivity index (χ1n) is 6.17. The fraction of sp³-hybridized carbons (Fsp3) is 0.429. The van der Waals surface area contributed by atoms with E-state index in [0.717, 1.165) is 5.56 Å². The fourth-order valence-corrected chi connectivity index (χ4v) is 1.81. The Balaban J connectivity index is 2.60. The molecule has 0 aromatic heterocycles. The molecule has 0 aliphatic carbocycles. The SMILES string of the molecule is CC(=O)[C@@H](N)CCC(Cc1ccc(O)cc1)C(=O)O. The number of carboxylic acids is 1. The van der Waals surface area contributed by atoms with E-state index in [2.05, 4.69) is 0 Å². The molecule has 0 amide bonds. The largest absolute Gasteiger partial charge is 0.508 e. The van der Waals surface area contributed by atoms with Crippen molar-refractivity contribution in [3.63, 3.8) is 0 Å². The molecule has 0 radical (unpaired) electrons. The Morgan fingerprint density at radius 2 is 1.79 bits per heavy atom. The van der Waals surface area contributed by atoms with Gasteiger partial charge < -0.3 is 15.9 Å². The van der Waals surface area contributed by atoms with E-state index in [1.165, 1.54) is 19.1 Å². The van der Waals surface area contributed by atoms with Crippen molar-refractivity contribution in [2.45, 2.75) is 32.2 Å². The molecule has 1 unspecified atom stereocenters. The van der Waals surface area contributed by atoms with E-state index in [9.17, 15) is 9.59 Å². The molecule has 0 heterocycles. The quantitative estimate of drug-likeness (QED) is 0.690.